The molecule has 5 heteroatoms. The number of hydrogen-bond donors (Lipinski definition) is 1. The van der Waals surface area contributed by atoms with Crippen LogP contribution in [0.3, 0.4) is 0 Å². The number of benzene rings is 1. The third-order valence-electron chi connectivity index (χ3n) is 1.63. The maximum Gasteiger partial charge on any atom is 0.364 e. The van der Waals surface area contributed by atoms with Gasteiger partial charge in [-0.3, -0.25) is 0 Å². The summed E-state index contributed by atoms with van der Waals surface area (Å²) in [6, 6.07) is 3.44. The average Bonchev–Trinajstić information content (AvgIpc) is 2.16. The molecule has 0 saturated heterocycles. The lowest BCUT2D eigenvalue weighted by Crippen LogP contribution is -1.94. The predicted octanol–water partition coefficient (Wildman–Crippen LogP) is 2.23. The third kappa shape index (κ3) is 3.05. The summed E-state index contributed by atoms with van der Waals surface area (Å²) in [5.74, 6) is -3.49. The third-order valence-corrected chi connectivity index (χ3v) is 1.63. The predicted molar refractivity (Wildman–Crippen MR) is 49.7 cm³/mol. The van der Waals surface area contributed by atoms with Crippen LogP contribution in [-0.4, -0.2) is 18.2 Å². The van der Waals surface area contributed by atoms with Crippen LogP contribution in [0.2, 0.25) is 0 Å². The molecule has 0 aliphatic carbocycles. The Labute approximate surface area is 84.6 Å². The molecule has 1 aromatic rings. The molecule has 0 radical (unpaired) electrons. The summed E-state index contributed by atoms with van der Waals surface area (Å²) in [4.78, 5) is 10.2. The second kappa shape index (κ2) is 4.54. The lowest BCUT2D eigenvalue weighted by molar-refractivity contribution is -0.134. The van der Waals surface area contributed by atoms with Crippen molar-refractivity contribution >= 4 is 12.0 Å². The molecule has 15 heavy (non-hydrogen) atoms. The summed E-state index contributed by atoms with van der Waals surface area (Å²) >= 11 is 0. The highest BCUT2D eigenvalue weighted by atomic mass is 19.1. The number of aliphatic carboxylic acids is 1. The van der Waals surface area contributed by atoms with E-state index in [1.54, 1.807) is 0 Å². The minimum Gasteiger partial charge on any atom is -0.497 e. The molecule has 0 saturated carbocycles. The van der Waals surface area contributed by atoms with Crippen molar-refractivity contribution in [2.75, 3.05) is 7.11 Å². The highest BCUT2D eigenvalue weighted by Crippen LogP contribution is 2.18. The van der Waals surface area contributed by atoms with Crippen LogP contribution in [0.5, 0.6) is 5.75 Å². The Morgan fingerprint density at radius 1 is 1.47 bits per heavy atom. The minimum atomic E-state index is -1.70. The molecule has 3 nitrogen and oxygen atoms in total. The Morgan fingerprint density at radius 3 is 2.67 bits per heavy atom. The number of halogens is 2. The smallest absolute Gasteiger partial charge is 0.364 e. The molecule has 0 fully saturated rings. The maximum atomic E-state index is 12.9. The Hall–Kier alpha value is -1.91. The molecule has 0 amide bonds. The molecule has 0 aliphatic rings. The van der Waals surface area contributed by atoms with Crippen molar-refractivity contribution in [3.8, 4) is 5.75 Å². The normalized spacial score (nSPS) is 11.3. The molecule has 80 valence electrons. The van der Waals surface area contributed by atoms with E-state index in [4.69, 9.17) is 9.84 Å². The maximum absolute atomic E-state index is 12.9. The summed E-state index contributed by atoms with van der Waals surface area (Å²) < 4.78 is 30.3. The van der Waals surface area contributed by atoms with Crippen molar-refractivity contribution in [3.05, 3.63) is 35.4 Å². The Bertz CT molecular complexity index is 413. The molecule has 1 N–H and O–H groups in total. The zero-order chi connectivity index (χ0) is 11.4. The highest BCUT2D eigenvalue weighted by Gasteiger charge is 2.06. The zero-order valence-corrected chi connectivity index (χ0v) is 7.83. The Morgan fingerprint density at radius 2 is 2.13 bits per heavy atom. The number of rotatable bonds is 3. The van der Waals surface area contributed by atoms with E-state index in [9.17, 15) is 13.6 Å². The summed E-state index contributed by atoms with van der Waals surface area (Å²) in [7, 11) is 1.33. The van der Waals surface area contributed by atoms with Gasteiger partial charge in [0.1, 0.15) is 11.6 Å². The van der Waals surface area contributed by atoms with Crippen LogP contribution < -0.4 is 4.74 Å². The van der Waals surface area contributed by atoms with Gasteiger partial charge >= 0.3 is 5.97 Å². The monoisotopic (exact) mass is 214 g/mol. The van der Waals surface area contributed by atoms with E-state index >= 15 is 0 Å². The summed E-state index contributed by atoms with van der Waals surface area (Å²) in [6.45, 7) is 0. The van der Waals surface area contributed by atoms with Crippen LogP contribution in [0, 0.1) is 5.82 Å². The lowest BCUT2D eigenvalue weighted by Gasteiger charge is -2.01. The van der Waals surface area contributed by atoms with Gasteiger partial charge in [-0.2, -0.15) is 4.39 Å². The van der Waals surface area contributed by atoms with Crippen LogP contribution in [0.1, 0.15) is 5.56 Å². The molecule has 1 rings (SSSR count). The van der Waals surface area contributed by atoms with Gasteiger partial charge in [0, 0.05) is 6.07 Å². The first-order valence-electron chi connectivity index (χ1n) is 3.98. The van der Waals surface area contributed by atoms with Crippen molar-refractivity contribution in [2.24, 2.45) is 0 Å². The van der Waals surface area contributed by atoms with Crippen LogP contribution in [-0.2, 0) is 4.79 Å². The van der Waals surface area contributed by atoms with Crippen LogP contribution in [0.15, 0.2) is 24.0 Å². The van der Waals surface area contributed by atoms with Gasteiger partial charge in [-0.05, 0) is 23.8 Å². The first kappa shape index (κ1) is 11.2. The number of methoxy groups -OCH3 is 1. The van der Waals surface area contributed by atoms with Gasteiger partial charge in [-0.25, -0.2) is 9.18 Å². The van der Waals surface area contributed by atoms with Crippen LogP contribution >= 0.6 is 0 Å². The van der Waals surface area contributed by atoms with Crippen molar-refractivity contribution < 1.29 is 23.4 Å². The number of carboxylic acid groups (broad SMARTS) is 1. The summed E-state index contributed by atoms with van der Waals surface area (Å²) in [5.41, 5.74) is 0.0896. The molecule has 0 spiro atoms. The molecule has 0 unspecified atom stereocenters. The highest BCUT2D eigenvalue weighted by molar-refractivity contribution is 5.89. The first-order chi connectivity index (χ1) is 7.02. The largest absolute Gasteiger partial charge is 0.497 e. The molecule has 0 atom stereocenters. The molecular weight excluding hydrogens is 206 g/mol. The number of carboxylic acids is 1. The second-order valence-electron chi connectivity index (χ2n) is 2.72. The van der Waals surface area contributed by atoms with Crippen molar-refractivity contribution in [3.63, 3.8) is 0 Å². The summed E-state index contributed by atoms with van der Waals surface area (Å²) in [6.07, 6.45) is 0.716. The van der Waals surface area contributed by atoms with Crippen LogP contribution in [0.25, 0.3) is 6.08 Å². The average molecular weight is 214 g/mol. The van der Waals surface area contributed by atoms with Crippen molar-refractivity contribution in [2.45, 2.75) is 0 Å². The van der Waals surface area contributed by atoms with E-state index < -0.39 is 17.6 Å². The first-order valence-corrected chi connectivity index (χ1v) is 3.98. The molecule has 0 bridgehead atoms. The minimum absolute atomic E-state index is 0.0896. The number of carbonyl (C=O) groups is 1. The van der Waals surface area contributed by atoms with Gasteiger partial charge in [0.05, 0.1) is 7.11 Å². The molecule has 0 heterocycles. The van der Waals surface area contributed by atoms with Gasteiger partial charge in [-0.1, -0.05) is 0 Å². The molecule has 0 aliphatic heterocycles. The lowest BCUT2D eigenvalue weighted by atomic mass is 10.2. The quantitative estimate of drug-likeness (QED) is 0.785. The summed E-state index contributed by atoms with van der Waals surface area (Å²) in [5, 5.41) is 8.27. The van der Waals surface area contributed by atoms with E-state index in [0.717, 1.165) is 12.1 Å². The van der Waals surface area contributed by atoms with Gasteiger partial charge in [-0.15, -0.1) is 0 Å². The van der Waals surface area contributed by atoms with Gasteiger partial charge in [0.25, 0.3) is 0 Å². The van der Waals surface area contributed by atoms with E-state index in [1.165, 1.54) is 13.2 Å². The Kier molecular flexibility index (Phi) is 3.38. The molecular formula is C10H8F2O3. The van der Waals surface area contributed by atoms with Gasteiger partial charge < -0.3 is 9.84 Å². The van der Waals surface area contributed by atoms with Gasteiger partial charge in [0.2, 0.25) is 5.83 Å². The van der Waals surface area contributed by atoms with E-state index in [2.05, 4.69) is 0 Å². The van der Waals surface area contributed by atoms with Crippen molar-refractivity contribution in [1.29, 1.82) is 0 Å². The number of ether oxygens (including phenoxy) is 1. The van der Waals surface area contributed by atoms with Crippen LogP contribution in [0.4, 0.5) is 8.78 Å². The molecule has 1 aromatic carbocycles. The Balaban J connectivity index is 3.10. The topological polar surface area (TPSA) is 46.5 Å². The second-order valence-corrected chi connectivity index (χ2v) is 2.72. The van der Waals surface area contributed by atoms with Gasteiger partial charge in [0.15, 0.2) is 0 Å². The SMILES string of the molecule is COc1cc(F)cc(/C=C(/F)C(=O)O)c1. The van der Waals surface area contributed by atoms with E-state index in [0.29, 0.717) is 6.08 Å². The zero-order valence-electron chi connectivity index (χ0n) is 7.83. The fourth-order valence-electron chi connectivity index (χ4n) is 0.994. The number of hydrogen-bond acceptors (Lipinski definition) is 2. The fourth-order valence-corrected chi connectivity index (χ4v) is 0.994. The van der Waals surface area contributed by atoms with E-state index in [-0.39, 0.29) is 11.3 Å². The van der Waals surface area contributed by atoms with E-state index in [1.807, 2.05) is 0 Å². The standard InChI is InChI=1S/C10H8F2O3/c1-15-8-3-6(2-7(11)5-8)4-9(12)10(13)14/h2-5H,1H3,(H,13,14)/b9-4+. The fraction of sp³-hybridized carbons (Fsp3) is 0.100. The molecule has 0 aromatic heterocycles. The van der Waals surface area contributed by atoms with Crippen molar-refractivity contribution in [1.82, 2.24) is 0 Å².